The van der Waals surface area contributed by atoms with Crippen molar-refractivity contribution in [2.24, 2.45) is 11.7 Å². The summed E-state index contributed by atoms with van der Waals surface area (Å²) < 4.78 is 5.32. The van der Waals surface area contributed by atoms with E-state index in [4.69, 9.17) is 10.5 Å². The molecule has 112 valence electrons. The third-order valence-corrected chi connectivity index (χ3v) is 3.52. The van der Waals surface area contributed by atoms with Crippen molar-refractivity contribution in [3.05, 3.63) is 35.9 Å². The number of carbonyl (C=O) groups excluding carboxylic acids is 1. The van der Waals surface area contributed by atoms with Crippen LogP contribution in [0.2, 0.25) is 0 Å². The van der Waals surface area contributed by atoms with Gasteiger partial charge >= 0.3 is 0 Å². The summed E-state index contributed by atoms with van der Waals surface area (Å²) >= 11 is 0. The largest absolute Gasteiger partial charge is 0.380 e. The van der Waals surface area contributed by atoms with Crippen LogP contribution in [0.3, 0.4) is 0 Å². The number of ether oxygens (including phenoxy) is 1. The maximum atomic E-state index is 12.5. The second kappa shape index (κ2) is 8.72. The van der Waals surface area contributed by atoms with Gasteiger partial charge in [-0.05, 0) is 19.4 Å². The van der Waals surface area contributed by atoms with Gasteiger partial charge in [-0.2, -0.15) is 0 Å². The summed E-state index contributed by atoms with van der Waals surface area (Å²) in [6, 6.07) is 9.49. The van der Waals surface area contributed by atoms with Crippen molar-refractivity contribution in [1.29, 1.82) is 0 Å². The van der Waals surface area contributed by atoms with E-state index in [0.29, 0.717) is 26.3 Å². The fourth-order valence-electron chi connectivity index (χ4n) is 2.15. The molecule has 1 rings (SSSR count). The van der Waals surface area contributed by atoms with Crippen LogP contribution in [0, 0.1) is 5.92 Å². The average Bonchev–Trinajstić information content (AvgIpc) is 2.50. The third-order valence-electron chi connectivity index (χ3n) is 3.52. The molecule has 0 radical (unpaired) electrons. The van der Waals surface area contributed by atoms with Gasteiger partial charge in [-0.25, -0.2) is 0 Å². The highest BCUT2D eigenvalue weighted by atomic mass is 16.5. The lowest BCUT2D eigenvalue weighted by Gasteiger charge is -2.27. The highest BCUT2D eigenvalue weighted by Gasteiger charge is 2.25. The minimum absolute atomic E-state index is 0.0866. The second-order valence-corrected chi connectivity index (χ2v) is 4.84. The molecule has 4 nitrogen and oxygen atoms in total. The van der Waals surface area contributed by atoms with Crippen LogP contribution in [-0.2, 0) is 9.53 Å². The van der Waals surface area contributed by atoms with Crippen molar-refractivity contribution in [2.45, 2.75) is 26.8 Å². The Balaban J connectivity index is 2.64. The fraction of sp³-hybridized carbons (Fsp3) is 0.562. The molecule has 0 spiro atoms. The SMILES string of the molecule is CCOCCN(CC)C(=O)C(C)C(N)c1ccccc1. The number of amides is 1. The lowest BCUT2D eigenvalue weighted by Crippen LogP contribution is -2.41. The number of rotatable bonds is 8. The topological polar surface area (TPSA) is 55.6 Å². The Bertz CT molecular complexity index is 395. The van der Waals surface area contributed by atoms with Gasteiger partial charge in [-0.1, -0.05) is 37.3 Å². The molecule has 2 unspecified atom stereocenters. The van der Waals surface area contributed by atoms with Gasteiger partial charge in [0.15, 0.2) is 0 Å². The third kappa shape index (κ3) is 4.62. The first-order valence-electron chi connectivity index (χ1n) is 7.28. The van der Waals surface area contributed by atoms with Crippen LogP contribution in [0.15, 0.2) is 30.3 Å². The summed E-state index contributed by atoms with van der Waals surface area (Å²) in [7, 11) is 0. The van der Waals surface area contributed by atoms with E-state index in [2.05, 4.69) is 0 Å². The average molecular weight is 278 g/mol. The summed E-state index contributed by atoms with van der Waals surface area (Å²) in [5.74, 6) is -0.150. The fourth-order valence-corrected chi connectivity index (χ4v) is 2.15. The molecule has 0 aromatic heterocycles. The predicted octanol–water partition coefficient (Wildman–Crippen LogP) is 2.21. The molecule has 0 aliphatic heterocycles. The molecule has 0 aliphatic carbocycles. The van der Waals surface area contributed by atoms with E-state index in [1.807, 2.05) is 56.0 Å². The molecular formula is C16H26N2O2. The number of hydrogen-bond acceptors (Lipinski definition) is 3. The Morgan fingerprint density at radius 1 is 1.30 bits per heavy atom. The molecule has 1 amide bonds. The van der Waals surface area contributed by atoms with Crippen LogP contribution in [0.1, 0.15) is 32.4 Å². The Labute approximate surface area is 121 Å². The molecule has 0 saturated carbocycles. The number of hydrogen-bond donors (Lipinski definition) is 1. The highest BCUT2D eigenvalue weighted by molar-refractivity contribution is 5.79. The van der Waals surface area contributed by atoms with Crippen LogP contribution < -0.4 is 5.73 Å². The predicted molar refractivity (Wildman–Crippen MR) is 81.3 cm³/mol. The summed E-state index contributed by atoms with van der Waals surface area (Å²) in [4.78, 5) is 14.3. The quantitative estimate of drug-likeness (QED) is 0.742. The van der Waals surface area contributed by atoms with Gasteiger partial charge in [-0.15, -0.1) is 0 Å². The highest BCUT2D eigenvalue weighted by Crippen LogP contribution is 2.20. The first-order valence-corrected chi connectivity index (χ1v) is 7.28. The van der Waals surface area contributed by atoms with Crippen LogP contribution in [0.5, 0.6) is 0 Å². The Morgan fingerprint density at radius 3 is 2.50 bits per heavy atom. The van der Waals surface area contributed by atoms with Gasteiger partial charge in [0.25, 0.3) is 0 Å². The number of nitrogens with two attached hydrogens (primary N) is 1. The molecule has 1 aromatic rings. The van der Waals surface area contributed by atoms with E-state index in [-0.39, 0.29) is 17.9 Å². The zero-order valence-corrected chi connectivity index (χ0v) is 12.7. The van der Waals surface area contributed by atoms with Crippen molar-refractivity contribution < 1.29 is 9.53 Å². The normalized spacial score (nSPS) is 13.8. The van der Waals surface area contributed by atoms with Gasteiger partial charge < -0.3 is 15.4 Å². The maximum Gasteiger partial charge on any atom is 0.227 e. The smallest absolute Gasteiger partial charge is 0.227 e. The van der Waals surface area contributed by atoms with Crippen LogP contribution in [0.25, 0.3) is 0 Å². The van der Waals surface area contributed by atoms with Crippen LogP contribution in [-0.4, -0.2) is 37.1 Å². The molecule has 0 aliphatic rings. The van der Waals surface area contributed by atoms with Gasteiger partial charge in [0, 0.05) is 25.7 Å². The molecule has 0 fully saturated rings. The zero-order valence-electron chi connectivity index (χ0n) is 12.7. The van der Waals surface area contributed by atoms with Crippen LogP contribution in [0.4, 0.5) is 0 Å². The summed E-state index contributed by atoms with van der Waals surface area (Å²) in [5.41, 5.74) is 7.20. The zero-order chi connectivity index (χ0) is 15.0. The maximum absolute atomic E-state index is 12.5. The van der Waals surface area contributed by atoms with Crippen LogP contribution >= 0.6 is 0 Å². The molecule has 4 heteroatoms. The standard InChI is InChI=1S/C16H26N2O2/c1-4-18(11-12-20-5-2)16(19)13(3)15(17)14-9-7-6-8-10-14/h6-10,13,15H,4-5,11-12,17H2,1-3H3. The van der Waals surface area contributed by atoms with E-state index in [9.17, 15) is 4.79 Å². The van der Waals surface area contributed by atoms with Crippen molar-refractivity contribution in [3.63, 3.8) is 0 Å². The summed E-state index contributed by atoms with van der Waals surface area (Å²) in [6.45, 7) is 8.36. The molecule has 0 heterocycles. The molecule has 0 saturated heterocycles. The van der Waals surface area contributed by atoms with Gasteiger partial charge in [-0.3, -0.25) is 4.79 Å². The van der Waals surface area contributed by atoms with E-state index >= 15 is 0 Å². The molecule has 2 N–H and O–H groups in total. The summed E-state index contributed by atoms with van der Waals surface area (Å²) in [6.07, 6.45) is 0. The van der Waals surface area contributed by atoms with Gasteiger partial charge in [0.05, 0.1) is 12.5 Å². The van der Waals surface area contributed by atoms with Gasteiger partial charge in [0.1, 0.15) is 0 Å². The number of carbonyl (C=O) groups is 1. The second-order valence-electron chi connectivity index (χ2n) is 4.84. The first-order chi connectivity index (χ1) is 9.61. The molecule has 20 heavy (non-hydrogen) atoms. The van der Waals surface area contributed by atoms with Crippen molar-refractivity contribution in [2.75, 3.05) is 26.3 Å². The number of likely N-dealkylation sites (N-methyl/N-ethyl adjacent to an activating group) is 1. The first kappa shape index (κ1) is 16.7. The molecule has 1 aromatic carbocycles. The Morgan fingerprint density at radius 2 is 1.95 bits per heavy atom. The molecule has 0 bridgehead atoms. The van der Waals surface area contributed by atoms with E-state index in [1.165, 1.54) is 0 Å². The minimum atomic E-state index is -0.273. The van der Waals surface area contributed by atoms with Crippen molar-refractivity contribution >= 4 is 5.91 Å². The van der Waals surface area contributed by atoms with Crippen molar-refractivity contribution in [3.8, 4) is 0 Å². The van der Waals surface area contributed by atoms with E-state index in [1.54, 1.807) is 0 Å². The van der Waals surface area contributed by atoms with E-state index < -0.39 is 0 Å². The minimum Gasteiger partial charge on any atom is -0.380 e. The van der Waals surface area contributed by atoms with Gasteiger partial charge in [0.2, 0.25) is 5.91 Å². The number of benzene rings is 1. The lowest BCUT2D eigenvalue weighted by molar-refractivity contribution is -0.136. The lowest BCUT2D eigenvalue weighted by atomic mass is 9.94. The monoisotopic (exact) mass is 278 g/mol. The number of nitrogens with zero attached hydrogens (tertiary/aromatic N) is 1. The van der Waals surface area contributed by atoms with Crippen molar-refractivity contribution in [1.82, 2.24) is 4.90 Å². The Hall–Kier alpha value is -1.39. The Kier molecular flexibility index (Phi) is 7.26. The van der Waals surface area contributed by atoms with E-state index in [0.717, 1.165) is 5.56 Å². The molecule has 2 atom stereocenters. The summed E-state index contributed by atoms with van der Waals surface area (Å²) in [5, 5.41) is 0. The molecular weight excluding hydrogens is 252 g/mol.